The quantitative estimate of drug-likeness (QED) is 0.588. The normalized spacial score (nSPS) is 38.5. The molecule has 11 heavy (non-hydrogen) atoms. The molecule has 64 valence electrons. The van der Waals surface area contributed by atoms with E-state index in [-0.39, 0.29) is 0 Å². The van der Waals surface area contributed by atoms with Gasteiger partial charge in [0.05, 0.1) is 0 Å². The van der Waals surface area contributed by atoms with Gasteiger partial charge >= 0.3 is 0 Å². The zero-order chi connectivity index (χ0) is 7.84. The van der Waals surface area contributed by atoms with Gasteiger partial charge in [-0.05, 0) is 45.1 Å². The van der Waals surface area contributed by atoms with Crippen molar-refractivity contribution in [2.75, 3.05) is 7.05 Å². The van der Waals surface area contributed by atoms with Crippen LogP contribution in [0.5, 0.6) is 0 Å². The second-order valence-corrected chi connectivity index (χ2v) is 4.47. The van der Waals surface area contributed by atoms with Crippen molar-refractivity contribution in [2.45, 2.75) is 51.1 Å². The summed E-state index contributed by atoms with van der Waals surface area (Å²) in [5, 5.41) is 0. The fourth-order valence-corrected chi connectivity index (χ4v) is 2.33. The Morgan fingerprint density at radius 2 is 1.64 bits per heavy atom. The highest BCUT2D eigenvalue weighted by Crippen LogP contribution is 2.34. The van der Waals surface area contributed by atoms with Crippen LogP contribution in [-0.4, -0.2) is 24.0 Å². The maximum atomic E-state index is 2.63. The lowest BCUT2D eigenvalue weighted by Crippen LogP contribution is -2.31. The summed E-state index contributed by atoms with van der Waals surface area (Å²) in [4.78, 5) is 2.63. The van der Waals surface area contributed by atoms with Gasteiger partial charge in [0.1, 0.15) is 0 Å². The van der Waals surface area contributed by atoms with Crippen LogP contribution in [0.4, 0.5) is 0 Å². The van der Waals surface area contributed by atoms with Crippen LogP contribution in [0.2, 0.25) is 0 Å². The van der Waals surface area contributed by atoms with Crippen LogP contribution in [0.15, 0.2) is 0 Å². The summed E-state index contributed by atoms with van der Waals surface area (Å²) in [7, 11) is 2.32. The molecule has 0 amide bonds. The Balaban J connectivity index is 1.84. The minimum Gasteiger partial charge on any atom is -0.300 e. The molecule has 2 rings (SSSR count). The molecule has 2 aliphatic carbocycles. The van der Waals surface area contributed by atoms with Gasteiger partial charge < -0.3 is 4.90 Å². The van der Waals surface area contributed by atoms with Crippen molar-refractivity contribution in [2.24, 2.45) is 5.92 Å². The maximum Gasteiger partial charge on any atom is 0.00977 e. The smallest absolute Gasteiger partial charge is 0.00977 e. The second kappa shape index (κ2) is 2.78. The third-order valence-corrected chi connectivity index (χ3v) is 3.37. The molecule has 1 nitrogen and oxygen atoms in total. The summed E-state index contributed by atoms with van der Waals surface area (Å²) in [5.41, 5.74) is 0. The molecular formula is C10H19N. The van der Waals surface area contributed by atoms with E-state index in [4.69, 9.17) is 0 Å². The highest BCUT2D eigenvalue weighted by molar-refractivity contribution is 4.89. The standard InChI is InChI=1S/C10H19N/c1-8-3-4-10(7-8)11(2)9-5-6-9/h8-10H,3-7H2,1-2H3. The van der Waals surface area contributed by atoms with E-state index in [0.29, 0.717) is 0 Å². The van der Waals surface area contributed by atoms with Gasteiger partial charge in [0.2, 0.25) is 0 Å². The summed E-state index contributed by atoms with van der Waals surface area (Å²) in [6.45, 7) is 2.39. The second-order valence-electron chi connectivity index (χ2n) is 4.47. The van der Waals surface area contributed by atoms with Crippen molar-refractivity contribution in [3.05, 3.63) is 0 Å². The van der Waals surface area contributed by atoms with Gasteiger partial charge in [0.15, 0.2) is 0 Å². The van der Waals surface area contributed by atoms with E-state index >= 15 is 0 Å². The minimum atomic E-state index is 0.928. The van der Waals surface area contributed by atoms with Crippen LogP contribution < -0.4 is 0 Å². The molecule has 2 aliphatic rings. The molecule has 0 aromatic carbocycles. The summed E-state index contributed by atoms with van der Waals surface area (Å²) < 4.78 is 0. The molecule has 2 unspecified atom stereocenters. The fourth-order valence-electron chi connectivity index (χ4n) is 2.33. The minimum absolute atomic E-state index is 0.928. The first-order valence-corrected chi connectivity index (χ1v) is 4.99. The van der Waals surface area contributed by atoms with Gasteiger partial charge in [-0.3, -0.25) is 0 Å². The summed E-state index contributed by atoms with van der Waals surface area (Å²) in [6.07, 6.45) is 7.28. The predicted molar refractivity (Wildman–Crippen MR) is 47.6 cm³/mol. The third-order valence-electron chi connectivity index (χ3n) is 3.37. The summed E-state index contributed by atoms with van der Waals surface area (Å²) in [6, 6.07) is 1.89. The lowest BCUT2D eigenvalue weighted by molar-refractivity contribution is 0.231. The van der Waals surface area contributed by atoms with Crippen LogP contribution in [-0.2, 0) is 0 Å². The Hall–Kier alpha value is -0.0400. The van der Waals surface area contributed by atoms with Crippen LogP contribution in [0, 0.1) is 5.92 Å². The Morgan fingerprint density at radius 1 is 1.00 bits per heavy atom. The van der Waals surface area contributed by atoms with Crippen LogP contribution in [0.25, 0.3) is 0 Å². The lowest BCUT2D eigenvalue weighted by atomic mass is 10.1. The Labute approximate surface area is 69.8 Å². The molecule has 0 aromatic heterocycles. The molecule has 0 heterocycles. The SMILES string of the molecule is CC1CCC(N(C)C2CC2)C1. The lowest BCUT2D eigenvalue weighted by Gasteiger charge is -2.23. The molecular weight excluding hydrogens is 134 g/mol. The van der Waals surface area contributed by atoms with Crippen LogP contribution in [0.1, 0.15) is 39.0 Å². The Bertz CT molecular complexity index is 140. The van der Waals surface area contributed by atoms with Gasteiger partial charge in [-0.25, -0.2) is 0 Å². The molecule has 0 bridgehead atoms. The Morgan fingerprint density at radius 3 is 2.09 bits per heavy atom. The van der Waals surface area contributed by atoms with Gasteiger partial charge in [-0.1, -0.05) is 6.92 Å². The molecule has 0 aliphatic heterocycles. The van der Waals surface area contributed by atoms with Crippen molar-refractivity contribution in [3.63, 3.8) is 0 Å². The number of nitrogens with zero attached hydrogens (tertiary/aromatic N) is 1. The van der Waals surface area contributed by atoms with Crippen LogP contribution in [0.3, 0.4) is 0 Å². The van der Waals surface area contributed by atoms with E-state index in [9.17, 15) is 0 Å². The van der Waals surface area contributed by atoms with E-state index in [1.165, 1.54) is 32.1 Å². The van der Waals surface area contributed by atoms with E-state index < -0.39 is 0 Å². The van der Waals surface area contributed by atoms with E-state index in [1.807, 2.05) is 0 Å². The average Bonchev–Trinajstić information content (AvgIpc) is 2.74. The molecule has 0 aromatic rings. The molecule has 2 saturated carbocycles. The largest absolute Gasteiger partial charge is 0.300 e. The predicted octanol–water partition coefficient (Wildman–Crippen LogP) is 2.27. The number of hydrogen-bond donors (Lipinski definition) is 0. The summed E-state index contributed by atoms with van der Waals surface area (Å²) in [5.74, 6) is 0.987. The third kappa shape index (κ3) is 1.58. The molecule has 1 heteroatoms. The van der Waals surface area contributed by atoms with Crippen molar-refractivity contribution in [1.29, 1.82) is 0 Å². The highest BCUT2D eigenvalue weighted by Gasteiger charge is 2.33. The number of hydrogen-bond acceptors (Lipinski definition) is 1. The first-order chi connectivity index (χ1) is 5.27. The summed E-state index contributed by atoms with van der Waals surface area (Å²) >= 11 is 0. The van der Waals surface area contributed by atoms with Gasteiger partial charge in [-0.15, -0.1) is 0 Å². The van der Waals surface area contributed by atoms with Crippen molar-refractivity contribution >= 4 is 0 Å². The molecule has 0 saturated heterocycles. The zero-order valence-electron chi connectivity index (χ0n) is 7.71. The Kier molecular flexibility index (Phi) is 1.92. The molecule has 2 fully saturated rings. The topological polar surface area (TPSA) is 3.24 Å². The van der Waals surface area contributed by atoms with E-state index in [1.54, 1.807) is 0 Å². The van der Waals surface area contributed by atoms with Crippen molar-refractivity contribution < 1.29 is 0 Å². The van der Waals surface area contributed by atoms with Crippen molar-refractivity contribution in [3.8, 4) is 0 Å². The van der Waals surface area contributed by atoms with Crippen LogP contribution >= 0.6 is 0 Å². The first kappa shape index (κ1) is 7.60. The highest BCUT2D eigenvalue weighted by atomic mass is 15.2. The van der Waals surface area contributed by atoms with Gasteiger partial charge in [-0.2, -0.15) is 0 Å². The van der Waals surface area contributed by atoms with Crippen molar-refractivity contribution in [1.82, 2.24) is 4.90 Å². The molecule has 2 atom stereocenters. The first-order valence-electron chi connectivity index (χ1n) is 4.99. The average molecular weight is 153 g/mol. The monoisotopic (exact) mass is 153 g/mol. The van der Waals surface area contributed by atoms with E-state index in [2.05, 4.69) is 18.9 Å². The maximum absolute atomic E-state index is 2.63. The fraction of sp³-hybridized carbons (Fsp3) is 1.00. The van der Waals surface area contributed by atoms with Gasteiger partial charge in [0, 0.05) is 12.1 Å². The molecule has 0 N–H and O–H groups in total. The zero-order valence-corrected chi connectivity index (χ0v) is 7.71. The van der Waals surface area contributed by atoms with Gasteiger partial charge in [0.25, 0.3) is 0 Å². The number of rotatable bonds is 2. The molecule has 0 spiro atoms. The molecule has 0 radical (unpaired) electrons. The van der Waals surface area contributed by atoms with E-state index in [0.717, 1.165) is 18.0 Å².